The van der Waals surface area contributed by atoms with Crippen LogP contribution in [0.25, 0.3) is 0 Å². The van der Waals surface area contributed by atoms with E-state index < -0.39 is 11.4 Å². The molecule has 0 atom stereocenters. The lowest BCUT2D eigenvalue weighted by molar-refractivity contribution is -0.0826. The Kier molecular flexibility index (Phi) is 2.91. The normalized spacial score (nSPS) is 17.8. The molecule has 1 aliphatic heterocycles. The van der Waals surface area contributed by atoms with E-state index in [-0.39, 0.29) is 5.91 Å². The number of hydrogen-bond donors (Lipinski definition) is 1. The molecule has 3 nitrogen and oxygen atoms in total. The molecule has 1 aromatic carbocycles. The first-order valence-electron chi connectivity index (χ1n) is 5.73. The van der Waals surface area contributed by atoms with Crippen molar-refractivity contribution in [3.63, 3.8) is 0 Å². The Morgan fingerprint density at radius 2 is 2.18 bits per heavy atom. The van der Waals surface area contributed by atoms with E-state index in [1.807, 2.05) is 6.92 Å². The summed E-state index contributed by atoms with van der Waals surface area (Å²) in [6, 6.07) is 4.18. The molecule has 1 aliphatic rings. The zero-order valence-corrected chi connectivity index (χ0v) is 10.0. The van der Waals surface area contributed by atoms with Gasteiger partial charge in [0.2, 0.25) is 0 Å². The molecule has 1 amide bonds. The van der Waals surface area contributed by atoms with Crippen molar-refractivity contribution in [1.82, 2.24) is 4.90 Å². The van der Waals surface area contributed by atoms with Gasteiger partial charge >= 0.3 is 0 Å². The third-order valence-corrected chi connectivity index (χ3v) is 3.35. The van der Waals surface area contributed by atoms with E-state index in [4.69, 9.17) is 0 Å². The van der Waals surface area contributed by atoms with Gasteiger partial charge in [-0.3, -0.25) is 4.79 Å². The van der Waals surface area contributed by atoms with E-state index in [0.717, 1.165) is 5.56 Å². The zero-order chi connectivity index (χ0) is 12.6. The number of carbonyl (C=O) groups is 1. The van der Waals surface area contributed by atoms with Crippen molar-refractivity contribution in [2.45, 2.75) is 25.9 Å². The number of aryl methyl sites for hydroxylation is 1. The summed E-state index contributed by atoms with van der Waals surface area (Å²) in [5, 5.41) is 9.84. The summed E-state index contributed by atoms with van der Waals surface area (Å²) in [6.45, 7) is 4.32. The van der Waals surface area contributed by atoms with Crippen LogP contribution in [-0.4, -0.2) is 34.6 Å². The molecule has 1 N–H and O–H groups in total. The molecule has 1 aromatic rings. The Morgan fingerprint density at radius 1 is 1.53 bits per heavy atom. The predicted molar refractivity (Wildman–Crippen MR) is 62.3 cm³/mol. The van der Waals surface area contributed by atoms with Crippen LogP contribution in [0.5, 0.6) is 0 Å². The Hall–Kier alpha value is -1.42. The quantitative estimate of drug-likeness (QED) is 0.851. The van der Waals surface area contributed by atoms with Gasteiger partial charge in [0.15, 0.2) is 0 Å². The van der Waals surface area contributed by atoms with E-state index in [1.165, 1.54) is 12.1 Å². The number of halogens is 1. The molecular formula is C13H16FNO2. The maximum absolute atomic E-state index is 13.1. The highest BCUT2D eigenvalue weighted by Gasteiger charge is 2.42. The number of nitrogens with zero attached hydrogens (tertiary/aromatic N) is 1. The fraction of sp³-hybridized carbons (Fsp3) is 0.462. The van der Waals surface area contributed by atoms with Gasteiger partial charge in [0.05, 0.1) is 18.7 Å². The highest BCUT2D eigenvalue weighted by molar-refractivity contribution is 5.96. The third kappa shape index (κ3) is 2.17. The topological polar surface area (TPSA) is 40.5 Å². The smallest absolute Gasteiger partial charge is 0.254 e. The lowest BCUT2D eigenvalue weighted by Gasteiger charge is -2.46. The van der Waals surface area contributed by atoms with Gasteiger partial charge in [0, 0.05) is 5.56 Å². The number of likely N-dealkylation sites (tertiary alicyclic amines) is 1. The van der Waals surface area contributed by atoms with Crippen molar-refractivity contribution in [2.24, 2.45) is 0 Å². The fourth-order valence-corrected chi connectivity index (χ4v) is 2.03. The molecular weight excluding hydrogens is 221 g/mol. The maximum Gasteiger partial charge on any atom is 0.254 e. The van der Waals surface area contributed by atoms with Crippen LogP contribution in [0.15, 0.2) is 18.2 Å². The molecule has 4 heteroatoms. The van der Waals surface area contributed by atoms with Crippen LogP contribution in [0.4, 0.5) is 4.39 Å². The SMILES string of the molecule is CCC1(O)CN(C(=O)c2cc(F)ccc2C)C1. The average molecular weight is 237 g/mol. The first-order chi connectivity index (χ1) is 7.95. The first kappa shape index (κ1) is 12.0. The van der Waals surface area contributed by atoms with Crippen LogP contribution in [0.3, 0.4) is 0 Å². The zero-order valence-electron chi connectivity index (χ0n) is 10.0. The second-order valence-corrected chi connectivity index (χ2v) is 4.70. The standard InChI is InChI=1S/C13H16FNO2/c1-3-13(17)7-15(8-13)12(16)11-6-10(14)5-4-9(11)2/h4-6,17H,3,7-8H2,1-2H3. The Bertz CT molecular complexity index is 453. The molecule has 2 rings (SSSR count). The van der Waals surface area contributed by atoms with Gasteiger partial charge in [-0.2, -0.15) is 0 Å². The van der Waals surface area contributed by atoms with Gasteiger partial charge in [-0.15, -0.1) is 0 Å². The maximum atomic E-state index is 13.1. The highest BCUT2D eigenvalue weighted by atomic mass is 19.1. The lowest BCUT2D eigenvalue weighted by Crippen LogP contribution is -2.63. The minimum Gasteiger partial charge on any atom is -0.386 e. The molecule has 1 saturated heterocycles. The number of carbonyl (C=O) groups excluding carboxylic acids is 1. The monoisotopic (exact) mass is 237 g/mol. The molecule has 0 spiro atoms. The summed E-state index contributed by atoms with van der Waals surface area (Å²) in [6.07, 6.45) is 0.624. The minimum absolute atomic E-state index is 0.208. The molecule has 0 saturated carbocycles. The van der Waals surface area contributed by atoms with Gasteiger partial charge in [-0.1, -0.05) is 13.0 Å². The van der Waals surface area contributed by atoms with E-state index >= 15 is 0 Å². The number of aliphatic hydroxyl groups is 1. The van der Waals surface area contributed by atoms with Gasteiger partial charge < -0.3 is 10.0 Å². The molecule has 1 heterocycles. The molecule has 0 unspecified atom stereocenters. The van der Waals surface area contributed by atoms with E-state index in [1.54, 1.807) is 17.9 Å². The van der Waals surface area contributed by atoms with Crippen LogP contribution in [0.1, 0.15) is 29.3 Å². The molecule has 0 bridgehead atoms. The van der Waals surface area contributed by atoms with Crippen LogP contribution in [-0.2, 0) is 0 Å². The number of hydrogen-bond acceptors (Lipinski definition) is 2. The second-order valence-electron chi connectivity index (χ2n) is 4.70. The van der Waals surface area contributed by atoms with E-state index in [9.17, 15) is 14.3 Å². The second kappa shape index (κ2) is 4.11. The number of rotatable bonds is 2. The van der Waals surface area contributed by atoms with Crippen LogP contribution < -0.4 is 0 Å². The summed E-state index contributed by atoms with van der Waals surface area (Å²) < 4.78 is 13.1. The number of β-amino-alcohol motifs (C(OH)–C–C–N with tert-alkyl or cyclic N) is 1. The predicted octanol–water partition coefficient (Wildman–Crippen LogP) is 1.73. The molecule has 1 fully saturated rings. The number of amides is 1. The van der Waals surface area contributed by atoms with Crippen LogP contribution in [0, 0.1) is 12.7 Å². The van der Waals surface area contributed by atoms with Crippen molar-refractivity contribution in [3.8, 4) is 0 Å². The summed E-state index contributed by atoms with van der Waals surface area (Å²) in [5.41, 5.74) is 0.378. The van der Waals surface area contributed by atoms with Crippen molar-refractivity contribution in [1.29, 1.82) is 0 Å². The van der Waals surface area contributed by atoms with Crippen molar-refractivity contribution < 1.29 is 14.3 Å². The van der Waals surface area contributed by atoms with Gasteiger partial charge in [0.25, 0.3) is 5.91 Å². The van der Waals surface area contributed by atoms with Crippen LogP contribution >= 0.6 is 0 Å². The molecule has 0 aliphatic carbocycles. The summed E-state index contributed by atoms with van der Waals surface area (Å²) in [5.74, 6) is -0.620. The summed E-state index contributed by atoms with van der Waals surface area (Å²) >= 11 is 0. The Morgan fingerprint density at radius 3 is 2.76 bits per heavy atom. The van der Waals surface area contributed by atoms with Gasteiger partial charge in [0.1, 0.15) is 5.82 Å². The lowest BCUT2D eigenvalue weighted by atomic mass is 9.90. The first-order valence-corrected chi connectivity index (χ1v) is 5.73. The largest absolute Gasteiger partial charge is 0.386 e. The Balaban J connectivity index is 2.14. The molecule has 92 valence electrons. The molecule has 0 aromatic heterocycles. The Labute approximate surface area is 99.9 Å². The third-order valence-electron chi connectivity index (χ3n) is 3.35. The van der Waals surface area contributed by atoms with Crippen LogP contribution in [0.2, 0.25) is 0 Å². The fourth-order valence-electron chi connectivity index (χ4n) is 2.03. The minimum atomic E-state index is -0.753. The van der Waals surface area contributed by atoms with Crippen molar-refractivity contribution in [3.05, 3.63) is 35.1 Å². The van der Waals surface area contributed by atoms with Crippen molar-refractivity contribution >= 4 is 5.91 Å². The van der Waals surface area contributed by atoms with Gasteiger partial charge in [-0.25, -0.2) is 4.39 Å². The van der Waals surface area contributed by atoms with Crippen molar-refractivity contribution in [2.75, 3.05) is 13.1 Å². The summed E-state index contributed by atoms with van der Waals surface area (Å²) in [4.78, 5) is 13.6. The van der Waals surface area contributed by atoms with E-state index in [0.29, 0.717) is 25.1 Å². The van der Waals surface area contributed by atoms with E-state index in [2.05, 4.69) is 0 Å². The highest BCUT2D eigenvalue weighted by Crippen LogP contribution is 2.26. The molecule has 17 heavy (non-hydrogen) atoms. The number of benzene rings is 1. The average Bonchev–Trinajstić information content (AvgIpc) is 2.27. The molecule has 0 radical (unpaired) electrons. The summed E-state index contributed by atoms with van der Waals surface area (Å²) in [7, 11) is 0. The van der Waals surface area contributed by atoms with Gasteiger partial charge in [-0.05, 0) is 31.0 Å².